The summed E-state index contributed by atoms with van der Waals surface area (Å²) in [7, 11) is 1.91. The minimum atomic E-state index is -0.0126. The minimum Gasteiger partial charge on any atom is -0.329 e. The normalized spacial score (nSPS) is 15.3. The molecule has 1 atom stereocenters. The Balaban J connectivity index is 1.95. The number of rotatable bonds is 3. The number of anilines is 3. The Labute approximate surface area is 124 Å². The molecular formula is C16H18N4O. The van der Waals surface area contributed by atoms with Gasteiger partial charge in [0.2, 0.25) is 5.91 Å². The lowest BCUT2D eigenvalue weighted by atomic mass is 10.1. The van der Waals surface area contributed by atoms with Gasteiger partial charge in [-0.2, -0.15) is 0 Å². The Morgan fingerprint density at radius 3 is 2.81 bits per heavy atom. The molecule has 2 heterocycles. The van der Waals surface area contributed by atoms with Gasteiger partial charge in [0.1, 0.15) is 6.54 Å². The molecule has 0 aliphatic carbocycles. The second-order valence-electron chi connectivity index (χ2n) is 5.10. The Kier molecular flexibility index (Phi) is 3.58. The van der Waals surface area contributed by atoms with E-state index in [1.165, 1.54) is 0 Å². The number of aromatic nitrogens is 1. The molecule has 0 fully saturated rings. The van der Waals surface area contributed by atoms with Crippen molar-refractivity contribution in [2.45, 2.75) is 13.0 Å². The lowest BCUT2D eigenvalue weighted by Crippen LogP contribution is -2.35. The number of hydrogen-bond donors (Lipinski definition) is 2. The van der Waals surface area contributed by atoms with Crippen LogP contribution >= 0.6 is 0 Å². The summed E-state index contributed by atoms with van der Waals surface area (Å²) >= 11 is 0. The van der Waals surface area contributed by atoms with Crippen LogP contribution in [0.15, 0.2) is 42.6 Å². The monoisotopic (exact) mass is 282 g/mol. The van der Waals surface area contributed by atoms with Crippen molar-refractivity contribution in [2.24, 2.45) is 0 Å². The molecule has 5 nitrogen and oxygen atoms in total. The van der Waals surface area contributed by atoms with E-state index in [9.17, 15) is 4.79 Å². The summed E-state index contributed by atoms with van der Waals surface area (Å²) in [6.45, 7) is 2.37. The number of nitrogens with zero attached hydrogens (tertiary/aromatic N) is 2. The maximum absolute atomic E-state index is 11.8. The van der Waals surface area contributed by atoms with Gasteiger partial charge in [-0.1, -0.05) is 12.1 Å². The van der Waals surface area contributed by atoms with Gasteiger partial charge < -0.3 is 15.5 Å². The molecule has 1 unspecified atom stereocenters. The molecule has 1 aromatic heterocycles. The SMILES string of the molecule is CNC(C)c1ccc(N2CC(=O)Nc3ccccc32)cn1. The second-order valence-corrected chi connectivity index (χ2v) is 5.10. The van der Waals surface area contributed by atoms with Crippen molar-refractivity contribution >= 4 is 23.0 Å². The van der Waals surface area contributed by atoms with Crippen LogP contribution in [0.5, 0.6) is 0 Å². The first-order valence-electron chi connectivity index (χ1n) is 6.98. The molecule has 1 amide bonds. The number of para-hydroxylation sites is 2. The van der Waals surface area contributed by atoms with Gasteiger partial charge in [0.25, 0.3) is 0 Å². The van der Waals surface area contributed by atoms with Gasteiger partial charge in [0, 0.05) is 6.04 Å². The molecule has 2 N–H and O–H groups in total. The van der Waals surface area contributed by atoms with Crippen molar-refractivity contribution in [1.29, 1.82) is 0 Å². The molecule has 0 radical (unpaired) electrons. The summed E-state index contributed by atoms with van der Waals surface area (Å²) in [5.74, 6) is -0.0126. The molecule has 3 rings (SSSR count). The third-order valence-electron chi connectivity index (χ3n) is 3.73. The highest BCUT2D eigenvalue weighted by molar-refractivity contribution is 6.03. The van der Waals surface area contributed by atoms with E-state index >= 15 is 0 Å². The predicted molar refractivity (Wildman–Crippen MR) is 83.8 cm³/mol. The molecule has 5 heteroatoms. The molecule has 21 heavy (non-hydrogen) atoms. The topological polar surface area (TPSA) is 57.3 Å². The fourth-order valence-electron chi connectivity index (χ4n) is 2.42. The summed E-state index contributed by atoms with van der Waals surface area (Å²) in [5, 5.41) is 6.05. The Morgan fingerprint density at radius 1 is 1.29 bits per heavy atom. The van der Waals surface area contributed by atoms with E-state index in [-0.39, 0.29) is 11.9 Å². The third kappa shape index (κ3) is 2.60. The Morgan fingerprint density at radius 2 is 2.10 bits per heavy atom. The third-order valence-corrected chi connectivity index (χ3v) is 3.73. The molecule has 1 aliphatic heterocycles. The maximum Gasteiger partial charge on any atom is 0.244 e. The Bertz CT molecular complexity index is 654. The standard InChI is InChI=1S/C16H18N4O/c1-11(17-2)13-8-7-12(9-18-13)20-10-16(21)19-14-5-3-4-6-15(14)20/h3-9,11,17H,10H2,1-2H3,(H,19,21). The van der Waals surface area contributed by atoms with Crippen molar-refractivity contribution in [3.05, 3.63) is 48.3 Å². The molecule has 0 bridgehead atoms. The van der Waals surface area contributed by atoms with E-state index in [1.807, 2.05) is 54.5 Å². The van der Waals surface area contributed by atoms with E-state index in [2.05, 4.69) is 22.5 Å². The minimum absolute atomic E-state index is 0.0126. The van der Waals surface area contributed by atoms with Crippen molar-refractivity contribution < 1.29 is 4.79 Å². The Hall–Kier alpha value is -2.40. The van der Waals surface area contributed by atoms with Crippen molar-refractivity contribution in [2.75, 3.05) is 23.8 Å². The van der Waals surface area contributed by atoms with Gasteiger partial charge >= 0.3 is 0 Å². The smallest absolute Gasteiger partial charge is 0.244 e. The van der Waals surface area contributed by atoms with Crippen LogP contribution in [-0.2, 0) is 4.79 Å². The summed E-state index contributed by atoms with van der Waals surface area (Å²) in [6.07, 6.45) is 1.82. The highest BCUT2D eigenvalue weighted by atomic mass is 16.2. The van der Waals surface area contributed by atoms with Crippen LogP contribution < -0.4 is 15.5 Å². The maximum atomic E-state index is 11.8. The van der Waals surface area contributed by atoms with E-state index in [0.717, 1.165) is 22.8 Å². The quantitative estimate of drug-likeness (QED) is 0.908. The van der Waals surface area contributed by atoms with Gasteiger partial charge in [-0.25, -0.2) is 0 Å². The molecule has 1 aliphatic rings. The molecule has 0 saturated heterocycles. The van der Waals surface area contributed by atoms with Crippen molar-refractivity contribution in [1.82, 2.24) is 10.3 Å². The summed E-state index contributed by atoms with van der Waals surface area (Å²) in [5.41, 5.74) is 3.73. The average molecular weight is 282 g/mol. The summed E-state index contributed by atoms with van der Waals surface area (Å²) < 4.78 is 0. The molecule has 2 aromatic rings. The number of fused-ring (bicyclic) bond motifs is 1. The summed E-state index contributed by atoms with van der Waals surface area (Å²) in [4.78, 5) is 18.3. The number of benzene rings is 1. The zero-order valence-electron chi connectivity index (χ0n) is 12.1. The zero-order chi connectivity index (χ0) is 14.8. The van der Waals surface area contributed by atoms with Crippen LogP contribution in [0.4, 0.5) is 17.1 Å². The van der Waals surface area contributed by atoms with E-state index in [0.29, 0.717) is 6.54 Å². The number of pyridine rings is 1. The zero-order valence-corrected chi connectivity index (χ0v) is 12.1. The highest BCUT2D eigenvalue weighted by Crippen LogP contribution is 2.34. The van der Waals surface area contributed by atoms with Crippen LogP contribution in [-0.4, -0.2) is 24.5 Å². The number of nitrogens with one attached hydrogen (secondary N) is 2. The summed E-state index contributed by atoms with van der Waals surface area (Å²) in [6, 6.07) is 12.0. The van der Waals surface area contributed by atoms with Crippen molar-refractivity contribution in [3.63, 3.8) is 0 Å². The number of carbonyl (C=O) groups is 1. The number of amides is 1. The van der Waals surface area contributed by atoms with Crippen molar-refractivity contribution in [3.8, 4) is 0 Å². The van der Waals surface area contributed by atoms with Gasteiger partial charge in [-0.3, -0.25) is 9.78 Å². The predicted octanol–water partition coefficient (Wildman–Crippen LogP) is 2.45. The largest absolute Gasteiger partial charge is 0.329 e. The van der Waals surface area contributed by atoms with E-state index in [4.69, 9.17) is 0 Å². The van der Waals surface area contributed by atoms with Gasteiger partial charge in [0.15, 0.2) is 0 Å². The first-order valence-corrected chi connectivity index (χ1v) is 6.98. The second kappa shape index (κ2) is 5.54. The van der Waals surface area contributed by atoms with Gasteiger partial charge in [-0.05, 0) is 38.2 Å². The molecular weight excluding hydrogens is 264 g/mol. The van der Waals surface area contributed by atoms with Crippen LogP contribution in [0.2, 0.25) is 0 Å². The highest BCUT2D eigenvalue weighted by Gasteiger charge is 2.22. The van der Waals surface area contributed by atoms with Gasteiger partial charge in [-0.15, -0.1) is 0 Å². The van der Waals surface area contributed by atoms with E-state index in [1.54, 1.807) is 0 Å². The molecule has 0 saturated carbocycles. The van der Waals surface area contributed by atoms with E-state index < -0.39 is 0 Å². The van der Waals surface area contributed by atoms with Gasteiger partial charge in [0.05, 0.1) is 29.0 Å². The first kappa shape index (κ1) is 13.6. The average Bonchev–Trinajstić information content (AvgIpc) is 2.53. The fraction of sp³-hybridized carbons (Fsp3) is 0.250. The molecule has 1 aromatic carbocycles. The number of hydrogen-bond acceptors (Lipinski definition) is 4. The number of carbonyl (C=O) groups excluding carboxylic acids is 1. The molecule has 0 spiro atoms. The van der Waals surface area contributed by atoms with Crippen LogP contribution in [0, 0.1) is 0 Å². The first-order chi connectivity index (χ1) is 10.2. The lowest BCUT2D eigenvalue weighted by molar-refractivity contribution is -0.115. The van der Waals surface area contributed by atoms with Crippen LogP contribution in [0.25, 0.3) is 0 Å². The lowest BCUT2D eigenvalue weighted by Gasteiger charge is -2.30. The van der Waals surface area contributed by atoms with Crippen LogP contribution in [0.1, 0.15) is 18.7 Å². The van der Waals surface area contributed by atoms with Crippen LogP contribution in [0.3, 0.4) is 0 Å². The molecule has 108 valence electrons. The fourth-order valence-corrected chi connectivity index (χ4v) is 2.42.